The van der Waals surface area contributed by atoms with Gasteiger partial charge in [0.25, 0.3) is 5.91 Å². The highest BCUT2D eigenvalue weighted by Crippen LogP contribution is 2.02. The van der Waals surface area contributed by atoms with Gasteiger partial charge in [-0.05, 0) is 19.9 Å². The molecule has 0 fully saturated rings. The van der Waals surface area contributed by atoms with Gasteiger partial charge in [0.2, 0.25) is 0 Å². The smallest absolute Gasteiger partial charge is 0.251 e. The predicted molar refractivity (Wildman–Crippen MR) is 55.5 cm³/mol. The Morgan fingerprint density at radius 1 is 1.64 bits per heavy atom. The van der Waals surface area contributed by atoms with Crippen LogP contribution in [0.4, 0.5) is 0 Å². The van der Waals surface area contributed by atoms with E-state index in [-0.39, 0.29) is 11.9 Å². The second-order valence-corrected chi connectivity index (χ2v) is 3.26. The number of carbonyl (C=O) groups excluding carboxylic acids is 1. The summed E-state index contributed by atoms with van der Waals surface area (Å²) in [5, 5.41) is 0. The van der Waals surface area contributed by atoms with Crippen LogP contribution in [-0.4, -0.2) is 44.2 Å². The van der Waals surface area contributed by atoms with Crippen LogP contribution in [0, 0.1) is 0 Å². The van der Waals surface area contributed by atoms with E-state index in [0.29, 0.717) is 6.61 Å². The first-order valence-electron chi connectivity index (χ1n) is 4.87. The highest BCUT2D eigenvalue weighted by Gasteiger charge is 2.19. The Kier molecular flexibility index (Phi) is 7.37. The van der Waals surface area contributed by atoms with E-state index in [2.05, 4.69) is 5.43 Å². The van der Waals surface area contributed by atoms with E-state index in [1.54, 1.807) is 7.11 Å². The van der Waals surface area contributed by atoms with Crippen LogP contribution in [0.1, 0.15) is 19.8 Å². The van der Waals surface area contributed by atoms with Crippen molar-refractivity contribution in [2.45, 2.75) is 25.8 Å². The number of methoxy groups -OCH3 is 1. The molecule has 0 saturated carbocycles. The second kappa shape index (κ2) is 7.73. The number of likely N-dealkylation sites (N-methyl/N-ethyl adjacent to an activating group) is 1. The second-order valence-electron chi connectivity index (χ2n) is 3.26. The quantitative estimate of drug-likeness (QED) is 0.258. The zero-order valence-electron chi connectivity index (χ0n) is 9.25. The van der Waals surface area contributed by atoms with Crippen molar-refractivity contribution in [3.8, 4) is 0 Å². The molecule has 3 N–H and O–H groups in total. The molecule has 14 heavy (non-hydrogen) atoms. The molecule has 0 saturated heterocycles. The zero-order valence-corrected chi connectivity index (χ0v) is 9.25. The maximum Gasteiger partial charge on any atom is 0.251 e. The monoisotopic (exact) mass is 203 g/mol. The molecule has 0 aromatic rings. The summed E-state index contributed by atoms with van der Waals surface area (Å²) in [7, 11) is 3.59. The number of nitrogens with two attached hydrogens (primary N) is 1. The fraction of sp³-hybridized carbons (Fsp3) is 0.889. The maximum atomic E-state index is 11.3. The molecular weight excluding hydrogens is 182 g/mol. The lowest BCUT2D eigenvalue weighted by atomic mass is 10.2. The van der Waals surface area contributed by atoms with Gasteiger partial charge in [0.1, 0.15) is 0 Å². The number of carbonyl (C=O) groups is 1. The molecule has 0 aliphatic rings. The molecule has 1 atom stereocenters. The Bertz CT molecular complexity index is 164. The number of hydrogen-bond acceptors (Lipinski definition) is 4. The van der Waals surface area contributed by atoms with Crippen LogP contribution in [0.5, 0.6) is 0 Å². The molecule has 0 bridgehead atoms. The SMILES string of the molecule is CCC(C(=O)NN)N(C)CCCOC. The van der Waals surface area contributed by atoms with Crippen LogP contribution in [0.2, 0.25) is 0 Å². The molecule has 0 rings (SSSR count). The molecule has 0 aromatic heterocycles. The van der Waals surface area contributed by atoms with E-state index in [0.717, 1.165) is 19.4 Å². The predicted octanol–water partition coefficient (Wildman–Crippen LogP) is -0.277. The van der Waals surface area contributed by atoms with Gasteiger partial charge in [0.15, 0.2) is 0 Å². The standard InChI is InChI=1S/C9H21N3O2/c1-4-8(9(13)11-10)12(2)6-5-7-14-3/h8H,4-7,10H2,1-3H3,(H,11,13). The van der Waals surface area contributed by atoms with E-state index in [4.69, 9.17) is 10.6 Å². The first kappa shape index (κ1) is 13.4. The van der Waals surface area contributed by atoms with E-state index in [9.17, 15) is 4.79 Å². The normalized spacial score (nSPS) is 12.9. The van der Waals surface area contributed by atoms with E-state index >= 15 is 0 Å². The first-order chi connectivity index (χ1) is 6.67. The third kappa shape index (κ3) is 4.55. The van der Waals surface area contributed by atoms with Crippen molar-refractivity contribution < 1.29 is 9.53 Å². The Balaban J connectivity index is 3.91. The topological polar surface area (TPSA) is 67.6 Å². The molecule has 0 aromatic carbocycles. The fourth-order valence-corrected chi connectivity index (χ4v) is 1.41. The molecule has 0 radical (unpaired) electrons. The van der Waals surface area contributed by atoms with Gasteiger partial charge < -0.3 is 4.74 Å². The number of ether oxygens (including phenoxy) is 1. The molecule has 5 nitrogen and oxygen atoms in total. The Labute approximate surface area is 85.6 Å². The number of hydrazine groups is 1. The Morgan fingerprint density at radius 2 is 2.29 bits per heavy atom. The van der Waals surface area contributed by atoms with Gasteiger partial charge in [-0.25, -0.2) is 5.84 Å². The van der Waals surface area contributed by atoms with E-state index in [1.807, 2.05) is 18.9 Å². The van der Waals surface area contributed by atoms with Crippen molar-refractivity contribution in [1.29, 1.82) is 0 Å². The van der Waals surface area contributed by atoms with Gasteiger partial charge in [-0.2, -0.15) is 0 Å². The first-order valence-corrected chi connectivity index (χ1v) is 4.87. The van der Waals surface area contributed by atoms with Crippen molar-refractivity contribution in [2.75, 3.05) is 27.3 Å². The molecule has 0 aliphatic heterocycles. The van der Waals surface area contributed by atoms with E-state index < -0.39 is 0 Å². The molecule has 0 heterocycles. The molecule has 1 amide bonds. The summed E-state index contributed by atoms with van der Waals surface area (Å²) in [5.74, 6) is 4.96. The Morgan fingerprint density at radius 3 is 2.71 bits per heavy atom. The van der Waals surface area contributed by atoms with Crippen molar-refractivity contribution in [1.82, 2.24) is 10.3 Å². The van der Waals surface area contributed by atoms with Crippen LogP contribution < -0.4 is 11.3 Å². The summed E-state index contributed by atoms with van der Waals surface area (Å²) >= 11 is 0. The highest BCUT2D eigenvalue weighted by atomic mass is 16.5. The number of nitrogens with zero attached hydrogens (tertiary/aromatic N) is 1. The van der Waals surface area contributed by atoms with Crippen LogP contribution >= 0.6 is 0 Å². The van der Waals surface area contributed by atoms with Crippen molar-refractivity contribution in [2.24, 2.45) is 5.84 Å². The molecule has 0 aliphatic carbocycles. The van der Waals surface area contributed by atoms with Crippen molar-refractivity contribution >= 4 is 5.91 Å². The summed E-state index contributed by atoms with van der Waals surface area (Å²) in [6.07, 6.45) is 1.67. The zero-order chi connectivity index (χ0) is 11.0. The van der Waals surface area contributed by atoms with Crippen molar-refractivity contribution in [3.05, 3.63) is 0 Å². The highest BCUT2D eigenvalue weighted by molar-refractivity contribution is 5.80. The van der Waals surface area contributed by atoms with Crippen LogP contribution in [0.15, 0.2) is 0 Å². The minimum atomic E-state index is -0.142. The number of nitrogens with one attached hydrogen (secondary N) is 1. The summed E-state index contributed by atoms with van der Waals surface area (Å²) in [4.78, 5) is 13.3. The van der Waals surface area contributed by atoms with Crippen LogP contribution in [0.3, 0.4) is 0 Å². The molecular formula is C9H21N3O2. The summed E-state index contributed by atoms with van der Waals surface area (Å²) in [5.41, 5.74) is 2.18. The average molecular weight is 203 g/mol. The minimum Gasteiger partial charge on any atom is -0.385 e. The lowest BCUT2D eigenvalue weighted by Gasteiger charge is -2.25. The van der Waals surface area contributed by atoms with Gasteiger partial charge in [0.05, 0.1) is 6.04 Å². The van der Waals surface area contributed by atoms with Gasteiger partial charge in [-0.15, -0.1) is 0 Å². The lowest BCUT2D eigenvalue weighted by Crippen LogP contribution is -2.47. The lowest BCUT2D eigenvalue weighted by molar-refractivity contribution is -0.126. The number of hydrogen-bond donors (Lipinski definition) is 2. The number of rotatable bonds is 7. The van der Waals surface area contributed by atoms with Crippen LogP contribution in [0.25, 0.3) is 0 Å². The molecule has 5 heteroatoms. The largest absolute Gasteiger partial charge is 0.385 e. The third-order valence-electron chi connectivity index (χ3n) is 2.22. The van der Waals surface area contributed by atoms with Gasteiger partial charge in [-0.3, -0.25) is 15.1 Å². The number of amides is 1. The van der Waals surface area contributed by atoms with Crippen molar-refractivity contribution in [3.63, 3.8) is 0 Å². The maximum absolute atomic E-state index is 11.3. The Hall–Kier alpha value is -0.650. The molecule has 1 unspecified atom stereocenters. The summed E-state index contributed by atoms with van der Waals surface area (Å²) in [6.45, 7) is 3.51. The molecule has 84 valence electrons. The van der Waals surface area contributed by atoms with Crippen LogP contribution in [-0.2, 0) is 9.53 Å². The van der Waals surface area contributed by atoms with Gasteiger partial charge in [0, 0.05) is 20.3 Å². The van der Waals surface area contributed by atoms with Gasteiger partial charge in [-0.1, -0.05) is 6.92 Å². The molecule has 0 spiro atoms. The average Bonchev–Trinajstić information content (AvgIpc) is 2.19. The third-order valence-corrected chi connectivity index (χ3v) is 2.22. The minimum absolute atomic E-state index is 0.132. The summed E-state index contributed by atoms with van der Waals surface area (Å²) < 4.78 is 4.94. The fourth-order valence-electron chi connectivity index (χ4n) is 1.41. The summed E-state index contributed by atoms with van der Waals surface area (Å²) in [6, 6.07) is -0.142. The van der Waals surface area contributed by atoms with E-state index in [1.165, 1.54) is 0 Å². The van der Waals surface area contributed by atoms with Gasteiger partial charge >= 0.3 is 0 Å².